The van der Waals surface area contributed by atoms with Crippen LogP contribution in [-0.4, -0.2) is 23.2 Å². The standard InChI is InChI=1S/C14H27N3O/c1-10(2)11(15-6)9-13-16-12(17-18-13)7-8-14(3,4)5/h10-11,15H,7-9H2,1-6H3. The van der Waals surface area contributed by atoms with Crippen molar-refractivity contribution in [2.45, 2.75) is 59.9 Å². The van der Waals surface area contributed by atoms with Crippen LogP contribution in [0, 0.1) is 11.3 Å². The van der Waals surface area contributed by atoms with E-state index in [0.717, 1.165) is 31.0 Å². The molecule has 1 unspecified atom stereocenters. The van der Waals surface area contributed by atoms with Gasteiger partial charge in [-0.15, -0.1) is 0 Å². The maximum Gasteiger partial charge on any atom is 0.228 e. The highest BCUT2D eigenvalue weighted by molar-refractivity contribution is 4.91. The molecule has 4 nitrogen and oxygen atoms in total. The molecule has 0 aliphatic rings. The number of aryl methyl sites for hydroxylation is 1. The lowest BCUT2D eigenvalue weighted by molar-refractivity contribution is 0.329. The molecule has 1 N–H and O–H groups in total. The molecule has 0 saturated heterocycles. The third kappa shape index (κ3) is 5.17. The molecule has 0 fully saturated rings. The summed E-state index contributed by atoms with van der Waals surface area (Å²) in [5.41, 5.74) is 0.312. The van der Waals surface area contributed by atoms with Crippen LogP contribution in [-0.2, 0) is 12.8 Å². The van der Waals surface area contributed by atoms with E-state index in [2.05, 4.69) is 50.1 Å². The molecule has 0 aliphatic heterocycles. The van der Waals surface area contributed by atoms with Crippen LogP contribution in [0.3, 0.4) is 0 Å². The van der Waals surface area contributed by atoms with Gasteiger partial charge in [0, 0.05) is 18.9 Å². The van der Waals surface area contributed by atoms with Crippen LogP contribution in [0.15, 0.2) is 4.52 Å². The molecule has 0 amide bonds. The molecule has 104 valence electrons. The van der Waals surface area contributed by atoms with Crippen LogP contribution in [0.4, 0.5) is 0 Å². The third-order valence-corrected chi connectivity index (χ3v) is 3.18. The highest BCUT2D eigenvalue weighted by Gasteiger charge is 2.17. The molecule has 18 heavy (non-hydrogen) atoms. The Morgan fingerprint density at radius 2 is 1.94 bits per heavy atom. The van der Waals surface area contributed by atoms with Gasteiger partial charge in [0.2, 0.25) is 5.89 Å². The molecular formula is C14H27N3O. The van der Waals surface area contributed by atoms with Crippen molar-refractivity contribution in [1.29, 1.82) is 0 Å². The van der Waals surface area contributed by atoms with Gasteiger partial charge in [-0.2, -0.15) is 4.98 Å². The van der Waals surface area contributed by atoms with Crippen LogP contribution in [0.2, 0.25) is 0 Å². The average Bonchev–Trinajstić information content (AvgIpc) is 2.69. The van der Waals surface area contributed by atoms with Gasteiger partial charge < -0.3 is 9.84 Å². The van der Waals surface area contributed by atoms with Gasteiger partial charge >= 0.3 is 0 Å². The van der Waals surface area contributed by atoms with Crippen molar-refractivity contribution in [3.63, 3.8) is 0 Å². The zero-order valence-electron chi connectivity index (χ0n) is 12.6. The Kier molecular flexibility index (Phi) is 5.32. The monoisotopic (exact) mass is 253 g/mol. The van der Waals surface area contributed by atoms with E-state index in [9.17, 15) is 0 Å². The summed E-state index contributed by atoms with van der Waals surface area (Å²) in [6.45, 7) is 11.1. The number of hydrogen-bond donors (Lipinski definition) is 1. The topological polar surface area (TPSA) is 51.0 Å². The summed E-state index contributed by atoms with van der Waals surface area (Å²) in [5, 5.41) is 7.34. The minimum atomic E-state index is 0.312. The van der Waals surface area contributed by atoms with Crippen LogP contribution < -0.4 is 5.32 Å². The van der Waals surface area contributed by atoms with Gasteiger partial charge in [0.1, 0.15) is 0 Å². The van der Waals surface area contributed by atoms with Gasteiger partial charge in [-0.3, -0.25) is 0 Å². The largest absolute Gasteiger partial charge is 0.339 e. The fourth-order valence-corrected chi connectivity index (χ4v) is 1.82. The summed E-state index contributed by atoms with van der Waals surface area (Å²) in [5.74, 6) is 2.13. The maximum absolute atomic E-state index is 5.31. The second-order valence-corrected chi connectivity index (χ2v) is 6.51. The maximum atomic E-state index is 5.31. The smallest absolute Gasteiger partial charge is 0.228 e. The van der Waals surface area contributed by atoms with Crippen molar-refractivity contribution in [1.82, 2.24) is 15.5 Å². The Morgan fingerprint density at radius 3 is 2.44 bits per heavy atom. The van der Waals surface area contributed by atoms with E-state index in [1.807, 2.05) is 7.05 Å². The zero-order chi connectivity index (χ0) is 13.8. The SMILES string of the molecule is CNC(Cc1nc(CCC(C)(C)C)no1)C(C)C. The number of aromatic nitrogens is 2. The van der Waals surface area contributed by atoms with Gasteiger partial charge in [0.15, 0.2) is 5.82 Å². The van der Waals surface area contributed by atoms with Crippen LogP contribution in [0.1, 0.15) is 52.8 Å². The minimum Gasteiger partial charge on any atom is -0.339 e. The van der Waals surface area contributed by atoms with Gasteiger partial charge in [-0.1, -0.05) is 39.8 Å². The first kappa shape index (κ1) is 15.2. The molecule has 1 heterocycles. The summed E-state index contributed by atoms with van der Waals surface area (Å²) in [7, 11) is 1.97. The molecule has 4 heteroatoms. The van der Waals surface area contributed by atoms with Crippen LogP contribution in [0.5, 0.6) is 0 Å². The number of rotatable bonds is 6. The average molecular weight is 253 g/mol. The highest BCUT2D eigenvalue weighted by Crippen LogP contribution is 2.20. The second kappa shape index (κ2) is 6.32. The van der Waals surface area contributed by atoms with Crippen LogP contribution in [0.25, 0.3) is 0 Å². The van der Waals surface area contributed by atoms with E-state index in [1.165, 1.54) is 0 Å². The molecule has 0 radical (unpaired) electrons. The first-order valence-electron chi connectivity index (χ1n) is 6.80. The molecule has 1 aromatic rings. The lowest BCUT2D eigenvalue weighted by atomic mass is 9.90. The molecule has 0 aromatic carbocycles. The summed E-state index contributed by atoms with van der Waals surface area (Å²) in [4.78, 5) is 4.47. The van der Waals surface area contributed by atoms with E-state index < -0.39 is 0 Å². The Balaban J connectivity index is 2.52. The predicted molar refractivity (Wildman–Crippen MR) is 73.5 cm³/mol. The Labute approximate surface area is 111 Å². The molecular weight excluding hydrogens is 226 g/mol. The van der Waals surface area contributed by atoms with Crippen molar-refractivity contribution in [2.24, 2.45) is 11.3 Å². The van der Waals surface area contributed by atoms with Crippen molar-refractivity contribution < 1.29 is 4.52 Å². The number of nitrogens with one attached hydrogen (secondary N) is 1. The van der Waals surface area contributed by atoms with Crippen molar-refractivity contribution in [2.75, 3.05) is 7.05 Å². The van der Waals surface area contributed by atoms with Crippen LogP contribution >= 0.6 is 0 Å². The molecule has 0 spiro atoms. The molecule has 1 rings (SSSR count). The van der Waals surface area contributed by atoms with Crippen molar-refractivity contribution in [3.8, 4) is 0 Å². The summed E-state index contributed by atoms with van der Waals surface area (Å²) in [6, 6.07) is 0.390. The van der Waals surface area contributed by atoms with E-state index in [4.69, 9.17) is 4.52 Å². The lowest BCUT2D eigenvalue weighted by Gasteiger charge is -2.17. The number of likely N-dealkylation sites (N-methyl/N-ethyl adjacent to an activating group) is 1. The number of hydrogen-bond acceptors (Lipinski definition) is 4. The molecule has 0 aliphatic carbocycles. The van der Waals surface area contributed by atoms with Gasteiger partial charge in [-0.25, -0.2) is 0 Å². The van der Waals surface area contributed by atoms with Gasteiger partial charge in [-0.05, 0) is 24.8 Å². The minimum absolute atomic E-state index is 0.312. The molecule has 0 saturated carbocycles. The molecule has 1 atom stereocenters. The van der Waals surface area contributed by atoms with Crippen molar-refractivity contribution >= 4 is 0 Å². The van der Waals surface area contributed by atoms with E-state index in [0.29, 0.717) is 17.4 Å². The first-order valence-corrected chi connectivity index (χ1v) is 6.80. The van der Waals surface area contributed by atoms with E-state index >= 15 is 0 Å². The lowest BCUT2D eigenvalue weighted by Crippen LogP contribution is -2.32. The molecule has 1 aromatic heterocycles. The Hall–Kier alpha value is -0.900. The predicted octanol–water partition coefficient (Wildman–Crippen LogP) is 2.83. The fraction of sp³-hybridized carbons (Fsp3) is 0.857. The molecule has 0 bridgehead atoms. The Bertz CT molecular complexity index is 352. The summed E-state index contributed by atoms with van der Waals surface area (Å²) < 4.78 is 5.31. The summed E-state index contributed by atoms with van der Waals surface area (Å²) in [6.07, 6.45) is 2.77. The summed E-state index contributed by atoms with van der Waals surface area (Å²) >= 11 is 0. The normalized spacial score (nSPS) is 14.2. The highest BCUT2D eigenvalue weighted by atomic mass is 16.5. The first-order chi connectivity index (χ1) is 8.31. The van der Waals surface area contributed by atoms with E-state index in [-0.39, 0.29) is 0 Å². The van der Waals surface area contributed by atoms with Gasteiger partial charge in [0.25, 0.3) is 0 Å². The third-order valence-electron chi connectivity index (χ3n) is 3.18. The number of nitrogens with zero attached hydrogens (tertiary/aromatic N) is 2. The van der Waals surface area contributed by atoms with Gasteiger partial charge in [0.05, 0.1) is 0 Å². The van der Waals surface area contributed by atoms with Crippen molar-refractivity contribution in [3.05, 3.63) is 11.7 Å². The fourth-order valence-electron chi connectivity index (χ4n) is 1.82. The second-order valence-electron chi connectivity index (χ2n) is 6.51. The Morgan fingerprint density at radius 1 is 1.28 bits per heavy atom. The van der Waals surface area contributed by atoms with E-state index in [1.54, 1.807) is 0 Å². The quantitative estimate of drug-likeness (QED) is 0.847. The zero-order valence-corrected chi connectivity index (χ0v) is 12.6.